The summed E-state index contributed by atoms with van der Waals surface area (Å²) in [6.07, 6.45) is 2.20. The Hall–Kier alpha value is -0.0800. The Labute approximate surface area is 76.9 Å². The van der Waals surface area contributed by atoms with Gasteiger partial charge < -0.3 is 9.64 Å². The highest BCUT2D eigenvalue weighted by Crippen LogP contribution is 2.14. The molecular formula is C10H23NO. The Morgan fingerprint density at radius 2 is 1.83 bits per heavy atom. The first-order valence-corrected chi connectivity index (χ1v) is 4.76. The van der Waals surface area contributed by atoms with Crippen molar-refractivity contribution in [1.82, 2.24) is 4.90 Å². The summed E-state index contributed by atoms with van der Waals surface area (Å²) in [5, 5.41) is 0. The quantitative estimate of drug-likeness (QED) is 0.610. The number of hydrogen-bond donors (Lipinski definition) is 0. The van der Waals surface area contributed by atoms with Crippen LogP contribution in [0.1, 0.15) is 33.6 Å². The maximum Gasteiger partial charge on any atom is 0.0638 e. The van der Waals surface area contributed by atoms with Gasteiger partial charge in [0, 0.05) is 13.2 Å². The molecule has 2 heteroatoms. The molecule has 0 amide bonds. The Kier molecular flexibility index (Phi) is 5.51. The lowest BCUT2D eigenvalue weighted by Gasteiger charge is -2.26. The van der Waals surface area contributed by atoms with E-state index in [1.807, 2.05) is 0 Å². The van der Waals surface area contributed by atoms with Crippen LogP contribution in [0.5, 0.6) is 0 Å². The molecule has 0 rings (SSSR count). The second-order valence-corrected chi connectivity index (χ2v) is 4.16. The van der Waals surface area contributed by atoms with Crippen LogP contribution in [0.4, 0.5) is 0 Å². The van der Waals surface area contributed by atoms with E-state index < -0.39 is 0 Å². The lowest BCUT2D eigenvalue weighted by Crippen LogP contribution is -2.30. The molecule has 2 nitrogen and oxygen atoms in total. The maximum absolute atomic E-state index is 5.70. The summed E-state index contributed by atoms with van der Waals surface area (Å²) >= 11 is 0. The molecule has 0 N–H and O–H groups in total. The molecule has 0 aliphatic heterocycles. The summed E-state index contributed by atoms with van der Waals surface area (Å²) in [5.41, 5.74) is 0.0419. The zero-order valence-electron chi connectivity index (χ0n) is 9.18. The Morgan fingerprint density at radius 3 is 2.25 bits per heavy atom. The molecule has 0 aliphatic rings. The zero-order chi connectivity index (χ0) is 9.61. The fraction of sp³-hybridized carbons (Fsp3) is 1.00. The SMILES string of the molecule is CCCOC(C)(C)CCN(C)C. The minimum atomic E-state index is 0.0419. The van der Waals surface area contributed by atoms with Gasteiger partial charge in [-0.05, 0) is 40.8 Å². The fourth-order valence-electron chi connectivity index (χ4n) is 0.943. The zero-order valence-corrected chi connectivity index (χ0v) is 9.18. The van der Waals surface area contributed by atoms with Crippen LogP contribution in [0.25, 0.3) is 0 Å². The van der Waals surface area contributed by atoms with Gasteiger partial charge in [-0.3, -0.25) is 0 Å². The summed E-state index contributed by atoms with van der Waals surface area (Å²) in [6.45, 7) is 8.43. The molecule has 0 unspecified atom stereocenters. The molecule has 0 spiro atoms. The molecule has 0 aliphatic carbocycles. The number of nitrogens with zero attached hydrogens (tertiary/aromatic N) is 1. The molecule has 0 fully saturated rings. The van der Waals surface area contributed by atoms with Gasteiger partial charge in [0.05, 0.1) is 5.60 Å². The molecule has 0 saturated carbocycles. The molecule has 12 heavy (non-hydrogen) atoms. The molecule has 74 valence electrons. The highest BCUT2D eigenvalue weighted by atomic mass is 16.5. The van der Waals surface area contributed by atoms with Crippen molar-refractivity contribution in [2.24, 2.45) is 0 Å². The Bertz CT molecular complexity index is 110. The summed E-state index contributed by atoms with van der Waals surface area (Å²) in [5.74, 6) is 0. The predicted molar refractivity (Wildman–Crippen MR) is 53.5 cm³/mol. The average Bonchev–Trinajstić information content (AvgIpc) is 1.98. The standard InChI is InChI=1S/C10H23NO/c1-6-9-12-10(2,3)7-8-11(4)5/h6-9H2,1-5H3. The number of hydrogen-bond acceptors (Lipinski definition) is 2. The van der Waals surface area contributed by atoms with E-state index in [0.29, 0.717) is 0 Å². The van der Waals surface area contributed by atoms with E-state index in [9.17, 15) is 0 Å². The molecular weight excluding hydrogens is 150 g/mol. The summed E-state index contributed by atoms with van der Waals surface area (Å²) in [6, 6.07) is 0. The van der Waals surface area contributed by atoms with Gasteiger partial charge in [0.15, 0.2) is 0 Å². The van der Waals surface area contributed by atoms with E-state index in [1.54, 1.807) is 0 Å². The minimum absolute atomic E-state index is 0.0419. The van der Waals surface area contributed by atoms with Crippen molar-refractivity contribution in [3.63, 3.8) is 0 Å². The number of rotatable bonds is 6. The van der Waals surface area contributed by atoms with Gasteiger partial charge in [-0.25, -0.2) is 0 Å². The van der Waals surface area contributed by atoms with E-state index in [1.165, 1.54) is 0 Å². The highest BCUT2D eigenvalue weighted by Gasteiger charge is 2.17. The third kappa shape index (κ3) is 6.62. The van der Waals surface area contributed by atoms with Crippen LogP contribution in [0.3, 0.4) is 0 Å². The van der Waals surface area contributed by atoms with Crippen LogP contribution in [0, 0.1) is 0 Å². The first-order chi connectivity index (χ1) is 5.48. The number of ether oxygens (including phenoxy) is 1. The molecule has 0 atom stereocenters. The topological polar surface area (TPSA) is 12.5 Å². The molecule has 0 aromatic carbocycles. The molecule has 0 radical (unpaired) electrons. The second-order valence-electron chi connectivity index (χ2n) is 4.16. The molecule has 0 aromatic rings. The maximum atomic E-state index is 5.70. The lowest BCUT2D eigenvalue weighted by atomic mass is 10.1. The minimum Gasteiger partial charge on any atom is -0.376 e. The van der Waals surface area contributed by atoms with Crippen molar-refractivity contribution in [2.75, 3.05) is 27.2 Å². The Morgan fingerprint density at radius 1 is 1.25 bits per heavy atom. The molecule has 0 bridgehead atoms. The van der Waals surface area contributed by atoms with Crippen LogP contribution < -0.4 is 0 Å². The van der Waals surface area contributed by atoms with Gasteiger partial charge in [0.2, 0.25) is 0 Å². The second kappa shape index (κ2) is 5.55. The van der Waals surface area contributed by atoms with E-state index in [-0.39, 0.29) is 5.60 Å². The van der Waals surface area contributed by atoms with Crippen LogP contribution in [-0.4, -0.2) is 37.7 Å². The van der Waals surface area contributed by atoms with Crippen LogP contribution in [0.15, 0.2) is 0 Å². The summed E-state index contributed by atoms with van der Waals surface area (Å²) in [4.78, 5) is 2.19. The summed E-state index contributed by atoms with van der Waals surface area (Å²) in [7, 11) is 4.19. The molecule has 0 heterocycles. The van der Waals surface area contributed by atoms with Crippen molar-refractivity contribution in [1.29, 1.82) is 0 Å². The van der Waals surface area contributed by atoms with Gasteiger partial charge in [0.25, 0.3) is 0 Å². The normalized spacial score (nSPS) is 12.5. The van der Waals surface area contributed by atoms with Crippen molar-refractivity contribution in [2.45, 2.75) is 39.2 Å². The largest absolute Gasteiger partial charge is 0.376 e. The van der Waals surface area contributed by atoms with Gasteiger partial charge in [0.1, 0.15) is 0 Å². The van der Waals surface area contributed by atoms with Gasteiger partial charge >= 0.3 is 0 Å². The van der Waals surface area contributed by atoms with Crippen molar-refractivity contribution in [3.8, 4) is 0 Å². The van der Waals surface area contributed by atoms with Crippen molar-refractivity contribution >= 4 is 0 Å². The molecule has 0 aromatic heterocycles. The van der Waals surface area contributed by atoms with Crippen molar-refractivity contribution < 1.29 is 4.74 Å². The van der Waals surface area contributed by atoms with Gasteiger partial charge in [-0.15, -0.1) is 0 Å². The van der Waals surface area contributed by atoms with Gasteiger partial charge in [-0.1, -0.05) is 6.92 Å². The van der Waals surface area contributed by atoms with Crippen LogP contribution in [0.2, 0.25) is 0 Å². The highest BCUT2D eigenvalue weighted by molar-refractivity contribution is 4.69. The van der Waals surface area contributed by atoms with E-state index in [0.717, 1.165) is 26.0 Å². The molecule has 0 saturated heterocycles. The fourth-order valence-corrected chi connectivity index (χ4v) is 0.943. The van der Waals surface area contributed by atoms with Crippen LogP contribution in [-0.2, 0) is 4.74 Å². The Balaban J connectivity index is 3.56. The first kappa shape index (κ1) is 11.9. The third-order valence-electron chi connectivity index (χ3n) is 1.86. The third-order valence-corrected chi connectivity index (χ3v) is 1.86. The predicted octanol–water partition coefficient (Wildman–Crippen LogP) is 2.14. The lowest BCUT2D eigenvalue weighted by molar-refractivity contribution is -0.0265. The van der Waals surface area contributed by atoms with Gasteiger partial charge in [-0.2, -0.15) is 0 Å². The summed E-state index contributed by atoms with van der Waals surface area (Å²) < 4.78 is 5.70. The van der Waals surface area contributed by atoms with Crippen LogP contribution >= 0.6 is 0 Å². The van der Waals surface area contributed by atoms with Crippen molar-refractivity contribution in [3.05, 3.63) is 0 Å². The van der Waals surface area contributed by atoms with E-state index >= 15 is 0 Å². The van der Waals surface area contributed by atoms with E-state index in [4.69, 9.17) is 4.74 Å². The van der Waals surface area contributed by atoms with E-state index in [2.05, 4.69) is 39.8 Å². The average molecular weight is 173 g/mol. The first-order valence-electron chi connectivity index (χ1n) is 4.76. The smallest absolute Gasteiger partial charge is 0.0638 e. The monoisotopic (exact) mass is 173 g/mol.